The van der Waals surface area contributed by atoms with Crippen molar-refractivity contribution in [3.05, 3.63) is 47.5 Å². The first-order valence-electron chi connectivity index (χ1n) is 5.71. The van der Waals surface area contributed by atoms with Gasteiger partial charge in [0.25, 0.3) is 0 Å². The largest absolute Gasteiger partial charge is 0.481 e. The topological polar surface area (TPSA) is 37.3 Å². The quantitative estimate of drug-likeness (QED) is 0.590. The lowest BCUT2D eigenvalue weighted by atomic mass is 9.94. The van der Waals surface area contributed by atoms with Gasteiger partial charge in [-0.05, 0) is 43.4 Å². The van der Waals surface area contributed by atoms with Crippen molar-refractivity contribution in [3.8, 4) is 0 Å². The molecule has 0 aromatic heterocycles. The molecule has 0 amide bonds. The van der Waals surface area contributed by atoms with Crippen LogP contribution in [0.3, 0.4) is 0 Å². The Kier molecular flexibility index (Phi) is 5.78. The van der Waals surface area contributed by atoms with Crippen LogP contribution < -0.4 is 0 Å². The maximum Gasteiger partial charge on any atom is 0.306 e. The van der Waals surface area contributed by atoms with Gasteiger partial charge in [-0.25, -0.2) is 0 Å². The molecule has 1 atom stereocenters. The van der Waals surface area contributed by atoms with E-state index in [2.05, 4.69) is 6.58 Å². The maximum absolute atomic E-state index is 11.1. The van der Waals surface area contributed by atoms with Crippen LogP contribution in [0.15, 0.2) is 36.9 Å². The maximum atomic E-state index is 11.1. The number of carboxylic acids is 1. The molecule has 1 unspecified atom stereocenters. The summed E-state index contributed by atoms with van der Waals surface area (Å²) < 4.78 is 0. The first-order valence-corrected chi connectivity index (χ1v) is 6.09. The average Bonchev–Trinajstić information content (AvgIpc) is 2.30. The van der Waals surface area contributed by atoms with E-state index in [4.69, 9.17) is 16.7 Å². The van der Waals surface area contributed by atoms with Gasteiger partial charge in [-0.15, -0.1) is 6.58 Å². The average molecular weight is 253 g/mol. The molecule has 1 N–H and O–H groups in total. The Balaban J connectivity index is 2.56. The highest BCUT2D eigenvalue weighted by Crippen LogP contribution is 2.17. The Bertz CT molecular complexity index is 370. The van der Waals surface area contributed by atoms with E-state index in [-0.39, 0.29) is 5.92 Å². The Morgan fingerprint density at radius 3 is 2.59 bits per heavy atom. The fourth-order valence-corrected chi connectivity index (χ4v) is 1.85. The molecule has 0 aliphatic heterocycles. The second kappa shape index (κ2) is 7.13. The molecule has 0 aliphatic carbocycles. The minimum absolute atomic E-state index is 0.323. The van der Waals surface area contributed by atoms with E-state index in [1.54, 1.807) is 12.1 Å². The molecule has 0 saturated carbocycles. The molecule has 92 valence electrons. The molecule has 0 bridgehead atoms. The number of benzene rings is 1. The van der Waals surface area contributed by atoms with Crippen molar-refractivity contribution >= 4 is 17.6 Å². The summed E-state index contributed by atoms with van der Waals surface area (Å²) in [7, 11) is 0. The van der Waals surface area contributed by atoms with Crippen LogP contribution >= 0.6 is 11.6 Å². The van der Waals surface area contributed by atoms with Gasteiger partial charge in [0.1, 0.15) is 0 Å². The highest BCUT2D eigenvalue weighted by Gasteiger charge is 2.17. The molecule has 0 heterocycles. The molecule has 0 spiro atoms. The number of hydrogen-bond acceptors (Lipinski definition) is 1. The number of carbonyl (C=O) groups is 1. The van der Waals surface area contributed by atoms with Crippen molar-refractivity contribution in [3.63, 3.8) is 0 Å². The molecule has 3 heteroatoms. The number of unbranched alkanes of at least 4 members (excludes halogenated alkanes) is 1. The number of carboxylic acid groups (broad SMARTS) is 1. The summed E-state index contributed by atoms with van der Waals surface area (Å²) in [6, 6.07) is 7.34. The van der Waals surface area contributed by atoms with E-state index in [1.807, 2.05) is 18.2 Å². The van der Waals surface area contributed by atoms with Gasteiger partial charge < -0.3 is 5.11 Å². The van der Waals surface area contributed by atoms with Gasteiger partial charge in [-0.1, -0.05) is 29.8 Å². The van der Waals surface area contributed by atoms with Crippen molar-refractivity contribution in [1.82, 2.24) is 0 Å². The molecule has 1 aromatic carbocycles. The Morgan fingerprint density at radius 2 is 2.06 bits per heavy atom. The molecule has 17 heavy (non-hydrogen) atoms. The second-order valence-electron chi connectivity index (χ2n) is 4.09. The van der Waals surface area contributed by atoms with Crippen molar-refractivity contribution in [1.29, 1.82) is 0 Å². The fourth-order valence-electron chi connectivity index (χ4n) is 1.73. The number of aliphatic carboxylic acids is 1. The molecule has 1 rings (SSSR count). The first-order chi connectivity index (χ1) is 8.13. The number of halogens is 1. The van der Waals surface area contributed by atoms with Crippen molar-refractivity contribution in [2.75, 3.05) is 0 Å². The zero-order valence-corrected chi connectivity index (χ0v) is 10.5. The molecule has 2 nitrogen and oxygen atoms in total. The minimum Gasteiger partial charge on any atom is -0.481 e. The summed E-state index contributed by atoms with van der Waals surface area (Å²) in [4.78, 5) is 11.1. The molecule has 1 aromatic rings. The monoisotopic (exact) mass is 252 g/mol. The van der Waals surface area contributed by atoms with Crippen LogP contribution in [0.4, 0.5) is 0 Å². The van der Waals surface area contributed by atoms with Gasteiger partial charge in [-0.2, -0.15) is 0 Å². The molecular formula is C14H17ClO2. The van der Waals surface area contributed by atoms with Gasteiger partial charge in [0.15, 0.2) is 0 Å². The lowest BCUT2D eigenvalue weighted by Crippen LogP contribution is -2.16. The van der Waals surface area contributed by atoms with Crippen LogP contribution in [0.5, 0.6) is 0 Å². The van der Waals surface area contributed by atoms with Gasteiger partial charge in [0.2, 0.25) is 0 Å². The summed E-state index contributed by atoms with van der Waals surface area (Å²) in [5.41, 5.74) is 1.01. The second-order valence-corrected chi connectivity index (χ2v) is 4.52. The fraction of sp³-hybridized carbons (Fsp3) is 0.357. The SMILES string of the molecule is C=CCCCC(Cc1ccc(Cl)cc1)C(=O)O. The summed E-state index contributed by atoms with van der Waals surface area (Å²) in [5.74, 6) is -1.06. The lowest BCUT2D eigenvalue weighted by Gasteiger charge is -2.11. The van der Waals surface area contributed by atoms with E-state index in [0.29, 0.717) is 17.9 Å². The predicted octanol–water partition coefficient (Wildman–Crippen LogP) is 3.94. The van der Waals surface area contributed by atoms with Crippen LogP contribution in [0.25, 0.3) is 0 Å². The lowest BCUT2D eigenvalue weighted by molar-refractivity contribution is -0.141. The highest BCUT2D eigenvalue weighted by atomic mass is 35.5. The predicted molar refractivity (Wildman–Crippen MR) is 70.3 cm³/mol. The molecule has 0 fully saturated rings. The van der Waals surface area contributed by atoms with E-state index in [9.17, 15) is 4.79 Å². The number of rotatable bonds is 7. The standard InChI is InChI=1S/C14H17ClO2/c1-2-3-4-5-12(14(16)17)10-11-6-8-13(15)9-7-11/h2,6-9,12H,1,3-5,10H2,(H,16,17). The smallest absolute Gasteiger partial charge is 0.306 e. The van der Waals surface area contributed by atoms with Crippen LogP contribution in [-0.4, -0.2) is 11.1 Å². The molecule has 0 saturated heterocycles. The molecular weight excluding hydrogens is 236 g/mol. The summed E-state index contributed by atoms with van der Waals surface area (Å²) in [6.45, 7) is 3.63. The van der Waals surface area contributed by atoms with E-state index < -0.39 is 5.97 Å². The summed E-state index contributed by atoms with van der Waals surface area (Å²) in [6.07, 6.45) is 4.80. The van der Waals surface area contributed by atoms with Crippen molar-refractivity contribution in [2.24, 2.45) is 5.92 Å². The van der Waals surface area contributed by atoms with Gasteiger partial charge in [0.05, 0.1) is 5.92 Å². The number of hydrogen-bond donors (Lipinski definition) is 1. The van der Waals surface area contributed by atoms with Crippen LogP contribution in [-0.2, 0) is 11.2 Å². The highest BCUT2D eigenvalue weighted by molar-refractivity contribution is 6.30. The van der Waals surface area contributed by atoms with Gasteiger partial charge in [0, 0.05) is 5.02 Å². The Morgan fingerprint density at radius 1 is 1.41 bits per heavy atom. The van der Waals surface area contributed by atoms with Crippen molar-refractivity contribution < 1.29 is 9.90 Å². The summed E-state index contributed by atoms with van der Waals surface area (Å²) in [5, 5.41) is 9.81. The molecule has 0 aliphatic rings. The summed E-state index contributed by atoms with van der Waals surface area (Å²) >= 11 is 5.79. The van der Waals surface area contributed by atoms with E-state index >= 15 is 0 Å². The van der Waals surface area contributed by atoms with Gasteiger partial charge >= 0.3 is 5.97 Å². The minimum atomic E-state index is -0.732. The Labute approximate surface area is 107 Å². The van der Waals surface area contributed by atoms with Crippen molar-refractivity contribution in [2.45, 2.75) is 25.7 Å². The Hall–Kier alpha value is -1.28. The molecule has 0 radical (unpaired) electrons. The van der Waals surface area contributed by atoms with Crippen LogP contribution in [0.1, 0.15) is 24.8 Å². The normalized spacial score (nSPS) is 12.1. The third-order valence-electron chi connectivity index (χ3n) is 2.71. The zero-order chi connectivity index (χ0) is 12.7. The van der Waals surface area contributed by atoms with Crippen LogP contribution in [0.2, 0.25) is 5.02 Å². The van der Waals surface area contributed by atoms with E-state index in [1.165, 1.54) is 0 Å². The third kappa shape index (κ3) is 5.05. The first kappa shape index (κ1) is 13.8. The van der Waals surface area contributed by atoms with Crippen LogP contribution in [0, 0.1) is 5.92 Å². The van der Waals surface area contributed by atoms with E-state index in [0.717, 1.165) is 18.4 Å². The van der Waals surface area contributed by atoms with Gasteiger partial charge in [-0.3, -0.25) is 4.79 Å². The zero-order valence-electron chi connectivity index (χ0n) is 9.73. The third-order valence-corrected chi connectivity index (χ3v) is 2.96. The number of allylic oxidation sites excluding steroid dienone is 1.